The second-order valence-corrected chi connectivity index (χ2v) is 9.43. The van der Waals surface area contributed by atoms with Crippen LogP contribution in [0.25, 0.3) is 0 Å². The molecule has 1 N–H and O–H groups in total. The second kappa shape index (κ2) is 9.44. The summed E-state index contributed by atoms with van der Waals surface area (Å²) in [5.74, 6) is 1.06. The van der Waals surface area contributed by atoms with Crippen LogP contribution < -0.4 is 5.32 Å². The summed E-state index contributed by atoms with van der Waals surface area (Å²) >= 11 is 7.40. The van der Waals surface area contributed by atoms with Crippen molar-refractivity contribution in [3.8, 4) is 0 Å². The van der Waals surface area contributed by atoms with E-state index in [0.29, 0.717) is 10.8 Å². The van der Waals surface area contributed by atoms with E-state index < -0.39 is 9.84 Å². The van der Waals surface area contributed by atoms with Crippen molar-refractivity contribution in [3.05, 3.63) is 64.7 Å². The molecule has 2 aromatic rings. The molecule has 0 saturated heterocycles. The summed E-state index contributed by atoms with van der Waals surface area (Å²) in [6.07, 6.45) is 1.91. The van der Waals surface area contributed by atoms with Gasteiger partial charge in [-0.25, -0.2) is 8.42 Å². The monoisotopic (exact) mass is 411 g/mol. The third-order valence-electron chi connectivity index (χ3n) is 3.87. The number of rotatable bonds is 8. The van der Waals surface area contributed by atoms with Crippen molar-refractivity contribution < 1.29 is 13.2 Å². The highest BCUT2D eigenvalue weighted by Gasteiger charge is 2.14. The van der Waals surface area contributed by atoms with Crippen LogP contribution in [0, 0.1) is 0 Å². The van der Waals surface area contributed by atoms with Gasteiger partial charge in [0.15, 0.2) is 9.84 Å². The maximum Gasteiger partial charge on any atom is 0.230 e. The fraction of sp³-hybridized carbons (Fsp3) is 0.316. The van der Waals surface area contributed by atoms with Crippen molar-refractivity contribution in [3.63, 3.8) is 0 Å². The lowest BCUT2D eigenvalue weighted by molar-refractivity contribution is -0.119. The van der Waals surface area contributed by atoms with E-state index in [0.717, 1.165) is 23.3 Å². The summed E-state index contributed by atoms with van der Waals surface area (Å²) < 4.78 is 23.1. The molecule has 4 nitrogen and oxygen atoms in total. The van der Waals surface area contributed by atoms with E-state index in [-0.39, 0.29) is 16.8 Å². The first-order chi connectivity index (χ1) is 12.3. The van der Waals surface area contributed by atoms with Crippen LogP contribution in [0.4, 0.5) is 0 Å². The smallest absolute Gasteiger partial charge is 0.230 e. The molecule has 0 unspecified atom stereocenters. The van der Waals surface area contributed by atoms with Gasteiger partial charge < -0.3 is 5.32 Å². The van der Waals surface area contributed by atoms with Crippen LogP contribution >= 0.6 is 23.4 Å². The highest BCUT2D eigenvalue weighted by molar-refractivity contribution is 7.99. The number of halogens is 1. The fourth-order valence-electron chi connectivity index (χ4n) is 2.45. The van der Waals surface area contributed by atoms with Gasteiger partial charge in [0.1, 0.15) is 0 Å². The minimum Gasteiger partial charge on any atom is -0.349 e. The van der Waals surface area contributed by atoms with Gasteiger partial charge in [-0.1, -0.05) is 42.8 Å². The number of sulfone groups is 1. The molecule has 0 aliphatic rings. The van der Waals surface area contributed by atoms with Crippen LogP contribution in [0.3, 0.4) is 0 Å². The first-order valence-corrected chi connectivity index (χ1v) is 11.6. The molecule has 7 heteroatoms. The molecule has 0 heterocycles. The Kier molecular flexibility index (Phi) is 7.55. The minimum absolute atomic E-state index is 0.0389. The fourth-order valence-corrected chi connectivity index (χ4v) is 4.00. The largest absolute Gasteiger partial charge is 0.349 e. The van der Waals surface area contributed by atoms with E-state index >= 15 is 0 Å². The van der Waals surface area contributed by atoms with Gasteiger partial charge in [0.05, 0.1) is 16.7 Å². The molecule has 2 aromatic carbocycles. The van der Waals surface area contributed by atoms with Crippen LogP contribution in [0.1, 0.15) is 30.5 Å². The number of benzene rings is 2. The first kappa shape index (κ1) is 20.8. The standard InChI is InChI=1S/C19H22ClNO3S2/c1-3-18(15-6-10-17(11-7-15)26(2,23)24)21-19(22)13-25-12-14-4-8-16(20)9-5-14/h4-11,18H,3,12-13H2,1-2H3,(H,21,22)/t18-/m1/s1. The number of thioether (sulfide) groups is 1. The third kappa shape index (κ3) is 6.34. The molecule has 1 atom stereocenters. The maximum absolute atomic E-state index is 12.2. The summed E-state index contributed by atoms with van der Waals surface area (Å²) in [4.78, 5) is 12.5. The molecule has 0 fully saturated rings. The van der Waals surface area contributed by atoms with Crippen molar-refractivity contribution >= 4 is 39.1 Å². The third-order valence-corrected chi connectivity index (χ3v) is 6.25. The molecule has 0 spiro atoms. The average molecular weight is 412 g/mol. The van der Waals surface area contributed by atoms with Gasteiger partial charge in [0.2, 0.25) is 5.91 Å². The molecule has 0 aliphatic heterocycles. The van der Waals surface area contributed by atoms with Crippen molar-refractivity contribution in [2.24, 2.45) is 0 Å². The maximum atomic E-state index is 12.2. The number of hydrogen-bond donors (Lipinski definition) is 1. The van der Waals surface area contributed by atoms with Gasteiger partial charge >= 0.3 is 0 Å². The Bertz CT molecular complexity index is 834. The van der Waals surface area contributed by atoms with Gasteiger partial charge in [-0.3, -0.25) is 4.79 Å². The van der Waals surface area contributed by atoms with E-state index in [1.807, 2.05) is 31.2 Å². The van der Waals surface area contributed by atoms with E-state index in [2.05, 4.69) is 5.32 Å². The Balaban J connectivity index is 1.88. The second-order valence-electron chi connectivity index (χ2n) is 5.99. The van der Waals surface area contributed by atoms with Crippen molar-refractivity contribution in [2.45, 2.75) is 30.0 Å². The van der Waals surface area contributed by atoms with Gasteiger partial charge in [0.25, 0.3) is 0 Å². The predicted octanol–water partition coefficient (Wildman–Crippen LogP) is 4.24. The summed E-state index contributed by atoms with van der Waals surface area (Å²) in [5.41, 5.74) is 2.02. The van der Waals surface area contributed by atoms with Crippen LogP contribution in [0.15, 0.2) is 53.4 Å². The molecule has 0 radical (unpaired) electrons. The van der Waals surface area contributed by atoms with Crippen LogP contribution in [-0.2, 0) is 20.4 Å². The number of carbonyl (C=O) groups excluding carboxylic acids is 1. The molecular formula is C19H22ClNO3S2. The first-order valence-electron chi connectivity index (χ1n) is 8.21. The lowest BCUT2D eigenvalue weighted by atomic mass is 10.0. The number of carbonyl (C=O) groups is 1. The minimum atomic E-state index is -3.22. The topological polar surface area (TPSA) is 63.2 Å². The van der Waals surface area contributed by atoms with E-state index in [9.17, 15) is 13.2 Å². The summed E-state index contributed by atoms with van der Waals surface area (Å²) in [5, 5.41) is 3.70. The summed E-state index contributed by atoms with van der Waals surface area (Å²) in [7, 11) is -3.22. The Morgan fingerprint density at radius 2 is 1.73 bits per heavy atom. The highest BCUT2D eigenvalue weighted by atomic mass is 35.5. The van der Waals surface area contributed by atoms with E-state index in [1.54, 1.807) is 24.3 Å². The summed E-state index contributed by atoms with van der Waals surface area (Å²) in [6, 6.07) is 14.1. The molecule has 1 amide bonds. The summed E-state index contributed by atoms with van der Waals surface area (Å²) in [6.45, 7) is 1.98. The normalized spacial score (nSPS) is 12.6. The number of amides is 1. The lowest BCUT2D eigenvalue weighted by Gasteiger charge is -2.17. The van der Waals surface area contributed by atoms with Crippen LogP contribution in [-0.4, -0.2) is 26.3 Å². The number of hydrogen-bond acceptors (Lipinski definition) is 4. The van der Waals surface area contributed by atoms with Crippen LogP contribution in [0.2, 0.25) is 5.02 Å². The Morgan fingerprint density at radius 3 is 2.27 bits per heavy atom. The lowest BCUT2D eigenvalue weighted by Crippen LogP contribution is -2.29. The Hall–Kier alpha value is -1.50. The van der Waals surface area contributed by atoms with Gasteiger partial charge in [-0.2, -0.15) is 0 Å². The van der Waals surface area contributed by atoms with Crippen molar-refractivity contribution in [1.29, 1.82) is 0 Å². The molecular weight excluding hydrogens is 390 g/mol. The Morgan fingerprint density at radius 1 is 1.12 bits per heavy atom. The zero-order valence-corrected chi connectivity index (χ0v) is 17.1. The van der Waals surface area contributed by atoms with Gasteiger partial charge in [-0.15, -0.1) is 11.8 Å². The molecule has 0 aliphatic carbocycles. The molecule has 0 saturated carbocycles. The molecule has 26 heavy (non-hydrogen) atoms. The molecule has 2 rings (SSSR count). The van der Waals surface area contributed by atoms with Crippen molar-refractivity contribution in [1.82, 2.24) is 5.32 Å². The van der Waals surface area contributed by atoms with Crippen LogP contribution in [0.5, 0.6) is 0 Å². The highest BCUT2D eigenvalue weighted by Crippen LogP contribution is 2.20. The SMILES string of the molecule is CC[C@@H](NC(=O)CSCc1ccc(Cl)cc1)c1ccc(S(C)(=O)=O)cc1. The quantitative estimate of drug-likeness (QED) is 0.705. The molecule has 140 valence electrons. The molecule has 0 bridgehead atoms. The van der Waals surface area contributed by atoms with Gasteiger partial charge in [-0.05, 0) is 41.8 Å². The zero-order chi connectivity index (χ0) is 19.2. The predicted molar refractivity (Wildman–Crippen MR) is 108 cm³/mol. The zero-order valence-electron chi connectivity index (χ0n) is 14.7. The van der Waals surface area contributed by atoms with Gasteiger partial charge in [0, 0.05) is 17.0 Å². The molecule has 0 aromatic heterocycles. The average Bonchev–Trinajstić information content (AvgIpc) is 2.61. The van der Waals surface area contributed by atoms with Crippen molar-refractivity contribution in [2.75, 3.05) is 12.0 Å². The number of nitrogens with one attached hydrogen (secondary N) is 1. The van der Waals surface area contributed by atoms with E-state index in [1.165, 1.54) is 18.0 Å². The Labute approximate surface area is 164 Å². The van der Waals surface area contributed by atoms with E-state index in [4.69, 9.17) is 11.6 Å².